The van der Waals surface area contributed by atoms with Crippen LogP contribution in [0.2, 0.25) is 0 Å². The van der Waals surface area contributed by atoms with Crippen LogP contribution in [0, 0.1) is 12.3 Å². The Labute approximate surface area is 127 Å². The fourth-order valence-corrected chi connectivity index (χ4v) is 4.16. The third-order valence-electron chi connectivity index (χ3n) is 5.47. The molecule has 1 aliphatic heterocycles. The summed E-state index contributed by atoms with van der Waals surface area (Å²) in [4.78, 5) is 15.3. The maximum atomic E-state index is 13.1. The third-order valence-corrected chi connectivity index (χ3v) is 5.47. The van der Waals surface area contributed by atoms with Gasteiger partial charge in [-0.2, -0.15) is 0 Å². The minimum absolute atomic E-state index is 0.253. The van der Waals surface area contributed by atoms with Gasteiger partial charge in [-0.1, -0.05) is 37.1 Å². The molecule has 1 saturated heterocycles. The highest BCUT2D eigenvalue weighted by molar-refractivity contribution is 5.84. The second kappa shape index (κ2) is 5.80. The van der Waals surface area contributed by atoms with Gasteiger partial charge in [0.15, 0.2) is 0 Å². The van der Waals surface area contributed by atoms with Crippen molar-refractivity contribution in [1.82, 2.24) is 4.90 Å². The van der Waals surface area contributed by atoms with Crippen LogP contribution in [-0.2, 0) is 4.79 Å². The summed E-state index contributed by atoms with van der Waals surface area (Å²) in [6.07, 6.45) is 6.42. The average molecular weight is 286 g/mol. The Kier molecular flexibility index (Phi) is 4.03. The Balaban J connectivity index is 1.87. The van der Waals surface area contributed by atoms with Crippen LogP contribution in [0.4, 0.5) is 0 Å². The summed E-state index contributed by atoms with van der Waals surface area (Å²) in [7, 11) is 0. The minimum atomic E-state index is -0.273. The molecule has 2 fully saturated rings. The van der Waals surface area contributed by atoms with Crippen LogP contribution >= 0.6 is 0 Å². The van der Waals surface area contributed by atoms with E-state index < -0.39 is 0 Å². The molecule has 0 spiro atoms. The Morgan fingerprint density at radius 1 is 1.29 bits per heavy atom. The first-order valence-corrected chi connectivity index (χ1v) is 8.25. The largest absolute Gasteiger partial charge is 0.335 e. The lowest BCUT2D eigenvalue weighted by atomic mass is 9.84. The van der Waals surface area contributed by atoms with E-state index in [0.29, 0.717) is 12.5 Å². The molecular formula is C18H26N2O. The molecule has 1 aromatic carbocycles. The summed E-state index contributed by atoms with van der Waals surface area (Å²) in [5.41, 5.74) is 8.33. The maximum absolute atomic E-state index is 13.1. The number of aryl methyl sites for hydroxylation is 1. The second-order valence-electron chi connectivity index (χ2n) is 6.70. The number of likely N-dealkylation sites (tertiary alicyclic amines) is 1. The van der Waals surface area contributed by atoms with E-state index in [-0.39, 0.29) is 11.5 Å². The van der Waals surface area contributed by atoms with Gasteiger partial charge in [-0.15, -0.1) is 0 Å². The Hall–Kier alpha value is -1.35. The molecule has 21 heavy (non-hydrogen) atoms. The summed E-state index contributed by atoms with van der Waals surface area (Å²) >= 11 is 0. The molecule has 0 bridgehead atoms. The van der Waals surface area contributed by atoms with E-state index >= 15 is 0 Å². The van der Waals surface area contributed by atoms with Crippen LogP contribution in [-0.4, -0.2) is 23.9 Å². The van der Waals surface area contributed by atoms with Crippen LogP contribution < -0.4 is 5.73 Å². The number of carbonyl (C=O) groups excluding carboxylic acids is 1. The summed E-state index contributed by atoms with van der Waals surface area (Å²) in [5, 5.41) is 0. The number of nitrogens with two attached hydrogens (primary N) is 1. The van der Waals surface area contributed by atoms with Gasteiger partial charge in [-0.05, 0) is 43.7 Å². The lowest BCUT2D eigenvalue weighted by Crippen LogP contribution is -2.46. The topological polar surface area (TPSA) is 46.3 Å². The van der Waals surface area contributed by atoms with E-state index in [2.05, 4.69) is 36.1 Å². The number of hydrogen-bond donors (Lipinski definition) is 1. The fraction of sp³-hybridized carbons (Fsp3) is 0.611. The first-order chi connectivity index (χ1) is 10.2. The summed E-state index contributed by atoms with van der Waals surface area (Å²) in [6, 6.07) is 8.72. The second-order valence-corrected chi connectivity index (χ2v) is 6.70. The van der Waals surface area contributed by atoms with Crippen molar-refractivity contribution in [2.45, 2.75) is 51.5 Å². The first-order valence-electron chi connectivity index (χ1n) is 8.25. The van der Waals surface area contributed by atoms with Gasteiger partial charge >= 0.3 is 0 Å². The monoisotopic (exact) mass is 286 g/mol. The molecule has 1 heterocycles. The number of rotatable bonds is 3. The van der Waals surface area contributed by atoms with E-state index in [0.717, 1.165) is 45.1 Å². The number of amides is 1. The zero-order chi connectivity index (χ0) is 14.9. The molecule has 1 aliphatic carbocycles. The van der Waals surface area contributed by atoms with Gasteiger partial charge in [0, 0.05) is 13.1 Å². The van der Waals surface area contributed by atoms with Gasteiger partial charge in [-0.3, -0.25) is 4.79 Å². The standard InChI is InChI=1S/C18H26N2O/c1-14-7-2-3-8-15(14)16-9-6-12-20(16)17(21)18(13-19)10-4-5-11-18/h2-3,7-8,16H,4-6,9-13,19H2,1H3. The predicted octanol–water partition coefficient (Wildman–Crippen LogP) is 3.18. The summed E-state index contributed by atoms with van der Waals surface area (Å²) < 4.78 is 0. The first kappa shape index (κ1) is 14.6. The van der Waals surface area contributed by atoms with Crippen molar-refractivity contribution in [2.24, 2.45) is 11.1 Å². The van der Waals surface area contributed by atoms with Crippen molar-refractivity contribution < 1.29 is 4.79 Å². The number of benzene rings is 1. The van der Waals surface area contributed by atoms with Gasteiger partial charge in [-0.25, -0.2) is 0 Å². The molecule has 3 heteroatoms. The molecule has 2 aliphatic rings. The predicted molar refractivity (Wildman–Crippen MR) is 84.8 cm³/mol. The van der Waals surface area contributed by atoms with Crippen molar-refractivity contribution in [1.29, 1.82) is 0 Å². The van der Waals surface area contributed by atoms with E-state index in [1.807, 2.05) is 0 Å². The number of carbonyl (C=O) groups is 1. The molecule has 1 unspecified atom stereocenters. The van der Waals surface area contributed by atoms with Crippen LogP contribution in [0.25, 0.3) is 0 Å². The Bertz CT molecular complexity index is 520. The van der Waals surface area contributed by atoms with Crippen molar-refractivity contribution in [2.75, 3.05) is 13.1 Å². The number of hydrogen-bond acceptors (Lipinski definition) is 2. The fourth-order valence-electron chi connectivity index (χ4n) is 4.16. The van der Waals surface area contributed by atoms with Crippen molar-refractivity contribution in [3.8, 4) is 0 Å². The van der Waals surface area contributed by atoms with Gasteiger partial charge in [0.25, 0.3) is 0 Å². The summed E-state index contributed by atoms with van der Waals surface area (Å²) in [5.74, 6) is 0.313. The third kappa shape index (κ3) is 2.48. The molecule has 3 nitrogen and oxygen atoms in total. The lowest BCUT2D eigenvalue weighted by Gasteiger charge is -2.35. The highest BCUT2D eigenvalue weighted by atomic mass is 16.2. The highest BCUT2D eigenvalue weighted by Crippen LogP contribution is 2.43. The van der Waals surface area contributed by atoms with Gasteiger partial charge in [0.1, 0.15) is 0 Å². The normalized spacial score (nSPS) is 24.5. The summed E-state index contributed by atoms with van der Waals surface area (Å²) in [6.45, 7) is 3.53. The smallest absolute Gasteiger partial charge is 0.230 e. The Morgan fingerprint density at radius 3 is 2.67 bits per heavy atom. The molecule has 114 valence electrons. The quantitative estimate of drug-likeness (QED) is 0.927. The molecule has 1 atom stereocenters. The molecule has 0 aromatic heterocycles. The van der Waals surface area contributed by atoms with E-state index in [9.17, 15) is 4.79 Å². The van der Waals surface area contributed by atoms with Crippen molar-refractivity contribution in [3.63, 3.8) is 0 Å². The van der Waals surface area contributed by atoms with Crippen molar-refractivity contribution in [3.05, 3.63) is 35.4 Å². The molecule has 1 saturated carbocycles. The van der Waals surface area contributed by atoms with E-state index in [1.54, 1.807) is 0 Å². The highest BCUT2D eigenvalue weighted by Gasteiger charge is 2.45. The molecular weight excluding hydrogens is 260 g/mol. The van der Waals surface area contributed by atoms with Gasteiger partial charge in [0.2, 0.25) is 5.91 Å². The molecule has 2 N–H and O–H groups in total. The Morgan fingerprint density at radius 2 is 2.00 bits per heavy atom. The maximum Gasteiger partial charge on any atom is 0.230 e. The van der Waals surface area contributed by atoms with E-state index in [4.69, 9.17) is 5.73 Å². The zero-order valence-corrected chi connectivity index (χ0v) is 13.0. The average Bonchev–Trinajstić information content (AvgIpc) is 3.17. The molecule has 1 aromatic rings. The minimum Gasteiger partial charge on any atom is -0.335 e. The van der Waals surface area contributed by atoms with Gasteiger partial charge in [0.05, 0.1) is 11.5 Å². The molecule has 1 amide bonds. The lowest BCUT2D eigenvalue weighted by molar-refractivity contribution is -0.142. The van der Waals surface area contributed by atoms with Crippen LogP contribution in [0.5, 0.6) is 0 Å². The zero-order valence-electron chi connectivity index (χ0n) is 13.0. The van der Waals surface area contributed by atoms with Crippen LogP contribution in [0.3, 0.4) is 0 Å². The molecule has 0 radical (unpaired) electrons. The molecule has 3 rings (SSSR count). The number of nitrogens with zero attached hydrogens (tertiary/aromatic N) is 1. The van der Waals surface area contributed by atoms with Crippen molar-refractivity contribution >= 4 is 5.91 Å². The van der Waals surface area contributed by atoms with E-state index in [1.165, 1.54) is 11.1 Å². The van der Waals surface area contributed by atoms with Crippen LogP contribution in [0.1, 0.15) is 55.7 Å². The van der Waals surface area contributed by atoms with Crippen LogP contribution in [0.15, 0.2) is 24.3 Å². The van der Waals surface area contributed by atoms with Gasteiger partial charge < -0.3 is 10.6 Å². The SMILES string of the molecule is Cc1ccccc1C1CCCN1C(=O)C1(CN)CCCC1.